The molecular formula is C24H25F2N3OS. The molecule has 2 aliphatic carbocycles. The van der Waals surface area contributed by atoms with Crippen LogP contribution in [-0.4, -0.2) is 34.9 Å². The number of aryl methyl sites for hydroxylation is 1. The van der Waals surface area contributed by atoms with Gasteiger partial charge in [0.15, 0.2) is 17.4 Å². The van der Waals surface area contributed by atoms with Gasteiger partial charge in [-0.2, -0.15) is 12.6 Å². The van der Waals surface area contributed by atoms with Gasteiger partial charge in [0.25, 0.3) is 0 Å². The third-order valence-corrected chi connectivity index (χ3v) is 6.97. The van der Waals surface area contributed by atoms with Crippen LogP contribution in [0.5, 0.6) is 5.75 Å². The summed E-state index contributed by atoms with van der Waals surface area (Å²) in [6, 6.07) is 2.69. The van der Waals surface area contributed by atoms with Gasteiger partial charge in [-0.25, -0.2) is 18.7 Å². The number of thiol groups is 1. The topological polar surface area (TPSA) is 38.2 Å². The number of hydrogen-bond acceptors (Lipinski definition) is 5. The molecule has 2 unspecified atom stereocenters. The largest absolute Gasteiger partial charge is 0.487 e. The summed E-state index contributed by atoms with van der Waals surface area (Å²) in [7, 11) is 0. The molecule has 1 aromatic heterocycles. The van der Waals surface area contributed by atoms with Crippen molar-refractivity contribution in [2.45, 2.75) is 25.0 Å². The van der Waals surface area contributed by atoms with E-state index in [-0.39, 0.29) is 11.0 Å². The van der Waals surface area contributed by atoms with E-state index in [1.165, 1.54) is 12.1 Å². The number of aromatic nitrogens is 2. The molecule has 0 bridgehead atoms. The monoisotopic (exact) mass is 441 g/mol. The van der Waals surface area contributed by atoms with Crippen LogP contribution in [0.25, 0.3) is 5.57 Å². The number of halogens is 2. The first kappa shape index (κ1) is 20.5. The van der Waals surface area contributed by atoms with Gasteiger partial charge >= 0.3 is 0 Å². The zero-order valence-electron chi connectivity index (χ0n) is 17.3. The van der Waals surface area contributed by atoms with Crippen molar-refractivity contribution < 1.29 is 13.5 Å². The van der Waals surface area contributed by atoms with Crippen molar-refractivity contribution in [2.75, 3.05) is 24.6 Å². The fourth-order valence-electron chi connectivity index (χ4n) is 4.62. The van der Waals surface area contributed by atoms with E-state index >= 15 is 0 Å². The van der Waals surface area contributed by atoms with Crippen LogP contribution in [0, 0.1) is 29.4 Å². The van der Waals surface area contributed by atoms with Crippen molar-refractivity contribution in [3.8, 4) is 5.75 Å². The van der Waals surface area contributed by atoms with Crippen molar-refractivity contribution in [3.05, 3.63) is 65.5 Å². The highest BCUT2D eigenvalue weighted by molar-refractivity contribution is 7.81. The maximum atomic E-state index is 14.6. The first-order chi connectivity index (χ1) is 15.0. The minimum absolute atomic E-state index is 0.150. The van der Waals surface area contributed by atoms with E-state index in [9.17, 15) is 8.78 Å². The lowest BCUT2D eigenvalue weighted by Gasteiger charge is -2.20. The molecule has 1 aliphatic heterocycles. The Bertz CT molecular complexity index is 1000. The first-order valence-electron chi connectivity index (χ1n) is 10.8. The molecule has 1 saturated heterocycles. The Morgan fingerprint density at radius 3 is 2.39 bits per heavy atom. The Morgan fingerprint density at radius 2 is 1.81 bits per heavy atom. The zero-order valence-corrected chi connectivity index (χ0v) is 18.2. The van der Waals surface area contributed by atoms with Gasteiger partial charge in [-0.05, 0) is 53.5 Å². The highest BCUT2D eigenvalue weighted by Crippen LogP contribution is 2.52. The Kier molecular flexibility index (Phi) is 5.46. The van der Waals surface area contributed by atoms with E-state index in [0.717, 1.165) is 43.0 Å². The van der Waals surface area contributed by atoms with Crippen molar-refractivity contribution in [2.24, 2.45) is 17.8 Å². The van der Waals surface area contributed by atoms with Crippen LogP contribution in [-0.2, 0) is 6.42 Å². The van der Waals surface area contributed by atoms with Crippen LogP contribution in [0.2, 0.25) is 0 Å². The number of ether oxygens (including phenoxy) is 1. The molecule has 2 heterocycles. The highest BCUT2D eigenvalue weighted by atomic mass is 32.1. The summed E-state index contributed by atoms with van der Waals surface area (Å²) in [6.45, 7) is 4.13. The SMILES string of the molecule is CCc1cnc(N2C[C@@H]3C(COc4c(F)cc(C5=CCC(S)C=C5)cc4F)[C@@H]3C2)nc1. The average Bonchev–Trinajstić information content (AvgIpc) is 3.22. The van der Waals surface area contributed by atoms with Crippen LogP contribution in [0.3, 0.4) is 0 Å². The van der Waals surface area contributed by atoms with Crippen LogP contribution < -0.4 is 9.64 Å². The first-order valence-corrected chi connectivity index (χ1v) is 11.3. The summed E-state index contributed by atoms with van der Waals surface area (Å²) in [4.78, 5) is 11.1. The third kappa shape index (κ3) is 4.07. The van der Waals surface area contributed by atoms with Crippen molar-refractivity contribution in [1.29, 1.82) is 0 Å². The molecule has 1 aromatic carbocycles. The Labute approximate surface area is 186 Å². The molecule has 4 nitrogen and oxygen atoms in total. The number of hydrogen-bond donors (Lipinski definition) is 1. The summed E-state index contributed by atoms with van der Waals surface area (Å²) in [6.07, 6.45) is 11.1. The van der Waals surface area contributed by atoms with Crippen molar-refractivity contribution in [3.63, 3.8) is 0 Å². The Balaban J connectivity index is 1.18. The van der Waals surface area contributed by atoms with Crippen molar-refractivity contribution >= 4 is 24.2 Å². The number of nitrogens with zero attached hydrogens (tertiary/aromatic N) is 3. The molecule has 2 aromatic rings. The quantitative estimate of drug-likeness (QED) is 0.659. The number of benzene rings is 1. The predicted octanol–water partition coefficient (Wildman–Crippen LogP) is 4.72. The Hall–Kier alpha value is -2.41. The molecule has 2 fully saturated rings. The van der Waals surface area contributed by atoms with Gasteiger partial charge < -0.3 is 9.64 Å². The van der Waals surface area contributed by atoms with Gasteiger partial charge in [-0.15, -0.1) is 0 Å². The van der Waals surface area contributed by atoms with Crippen LogP contribution in [0.15, 0.2) is 42.8 Å². The zero-order chi connectivity index (χ0) is 21.5. The van der Waals surface area contributed by atoms with Gasteiger partial charge in [-0.3, -0.25) is 0 Å². The molecule has 162 valence electrons. The molecule has 0 radical (unpaired) electrons. The van der Waals surface area contributed by atoms with Gasteiger partial charge in [0.1, 0.15) is 0 Å². The van der Waals surface area contributed by atoms with Crippen molar-refractivity contribution in [1.82, 2.24) is 9.97 Å². The minimum atomic E-state index is -0.658. The number of anilines is 1. The number of allylic oxidation sites excluding steroid dienone is 3. The van der Waals surface area contributed by atoms with E-state index in [1.807, 2.05) is 30.6 Å². The molecule has 0 N–H and O–H groups in total. The molecule has 5 rings (SSSR count). The molecule has 0 spiro atoms. The molecule has 4 atom stereocenters. The molecule has 31 heavy (non-hydrogen) atoms. The van der Waals surface area contributed by atoms with Crippen LogP contribution in [0.4, 0.5) is 14.7 Å². The maximum absolute atomic E-state index is 14.6. The summed E-state index contributed by atoms with van der Waals surface area (Å²) < 4.78 is 34.8. The predicted molar refractivity (Wildman–Crippen MR) is 120 cm³/mol. The van der Waals surface area contributed by atoms with Gasteiger partial charge in [0.05, 0.1) is 6.61 Å². The molecule has 3 aliphatic rings. The lowest BCUT2D eigenvalue weighted by atomic mass is 9.99. The average molecular weight is 442 g/mol. The second-order valence-electron chi connectivity index (χ2n) is 8.54. The standard InChI is InChI=1S/C24H25F2N3OS/c1-2-14-9-27-24(28-10-14)29-11-18-19(12-29)20(18)13-30-23-21(25)7-16(8-22(23)26)15-3-5-17(31)6-4-15/h3-5,7-10,17-20,31H,2,6,11-13H2,1H3/t17?,18-,19+,20?. The van der Waals surface area contributed by atoms with E-state index < -0.39 is 11.6 Å². The molecule has 0 amide bonds. The Morgan fingerprint density at radius 1 is 1.13 bits per heavy atom. The number of piperidine rings is 1. The second kappa shape index (κ2) is 8.26. The summed E-state index contributed by atoms with van der Waals surface area (Å²) in [5.41, 5.74) is 2.45. The van der Waals surface area contributed by atoms with Crippen LogP contribution >= 0.6 is 12.6 Å². The molecule has 7 heteroatoms. The maximum Gasteiger partial charge on any atom is 0.225 e. The van der Waals surface area contributed by atoms with Gasteiger partial charge in [-0.1, -0.05) is 25.2 Å². The van der Waals surface area contributed by atoms with E-state index in [1.54, 1.807) is 0 Å². The van der Waals surface area contributed by atoms with E-state index in [0.29, 0.717) is 29.9 Å². The highest BCUT2D eigenvalue weighted by Gasteiger charge is 2.56. The van der Waals surface area contributed by atoms with Crippen LogP contribution in [0.1, 0.15) is 24.5 Å². The normalized spacial score (nSPS) is 26.6. The van der Waals surface area contributed by atoms with E-state index in [4.69, 9.17) is 4.74 Å². The molecule has 1 saturated carbocycles. The smallest absolute Gasteiger partial charge is 0.225 e. The fourth-order valence-corrected chi connectivity index (χ4v) is 4.81. The lowest BCUT2D eigenvalue weighted by Crippen LogP contribution is -2.27. The lowest BCUT2D eigenvalue weighted by molar-refractivity contribution is 0.257. The second-order valence-corrected chi connectivity index (χ2v) is 9.21. The number of fused-ring (bicyclic) bond motifs is 1. The van der Waals surface area contributed by atoms with Gasteiger partial charge in [0, 0.05) is 36.7 Å². The third-order valence-electron chi connectivity index (χ3n) is 6.58. The fraction of sp³-hybridized carbons (Fsp3) is 0.417. The summed E-state index contributed by atoms with van der Waals surface area (Å²) in [5.74, 6) is 0.408. The minimum Gasteiger partial charge on any atom is -0.487 e. The molecular weight excluding hydrogens is 416 g/mol. The summed E-state index contributed by atoms with van der Waals surface area (Å²) in [5, 5.41) is 0.150. The van der Waals surface area contributed by atoms with Gasteiger partial charge in [0.2, 0.25) is 5.95 Å². The van der Waals surface area contributed by atoms with E-state index in [2.05, 4.69) is 34.4 Å². The summed E-state index contributed by atoms with van der Waals surface area (Å²) >= 11 is 4.38. The number of rotatable bonds is 6.